The predicted molar refractivity (Wildman–Crippen MR) is 95.2 cm³/mol. The van der Waals surface area contributed by atoms with E-state index in [9.17, 15) is 9.59 Å². The zero-order valence-electron chi connectivity index (χ0n) is 14.3. The van der Waals surface area contributed by atoms with Crippen molar-refractivity contribution in [2.45, 2.75) is 33.4 Å². The molecule has 1 N–H and O–H groups in total. The summed E-state index contributed by atoms with van der Waals surface area (Å²) in [5, 5.41) is 2.83. The molecule has 0 spiro atoms. The van der Waals surface area contributed by atoms with Gasteiger partial charge in [0.2, 0.25) is 11.8 Å². The maximum absolute atomic E-state index is 12.3. The fourth-order valence-electron chi connectivity index (χ4n) is 2.49. The minimum Gasteiger partial charge on any atom is -0.352 e. The highest BCUT2D eigenvalue weighted by molar-refractivity contribution is 5.96. The van der Waals surface area contributed by atoms with E-state index in [2.05, 4.69) is 5.32 Å². The Kier molecular flexibility index (Phi) is 6.55. The average molecular weight is 324 g/mol. The standard InChI is InChI=1S/C20H24N2O2/c1-3-22(15-17-10-5-4-6-11-17)20(24)13-19(23)21-14-18-12-8-7-9-16(18)2/h4-12H,3,13-15H2,1-2H3,(H,21,23). The van der Waals surface area contributed by atoms with Crippen molar-refractivity contribution in [1.82, 2.24) is 10.2 Å². The summed E-state index contributed by atoms with van der Waals surface area (Å²) in [6.07, 6.45) is -0.118. The van der Waals surface area contributed by atoms with Crippen molar-refractivity contribution in [3.63, 3.8) is 0 Å². The number of amides is 2. The van der Waals surface area contributed by atoms with E-state index in [0.29, 0.717) is 19.6 Å². The van der Waals surface area contributed by atoms with E-state index in [4.69, 9.17) is 0 Å². The van der Waals surface area contributed by atoms with E-state index in [1.54, 1.807) is 4.90 Å². The van der Waals surface area contributed by atoms with Gasteiger partial charge in [0.1, 0.15) is 6.42 Å². The lowest BCUT2D eigenvalue weighted by atomic mass is 10.1. The van der Waals surface area contributed by atoms with Gasteiger partial charge in [0, 0.05) is 19.6 Å². The molecule has 126 valence electrons. The minimum absolute atomic E-state index is 0.118. The molecule has 0 unspecified atom stereocenters. The Labute approximate surface area is 143 Å². The molecule has 4 nitrogen and oxygen atoms in total. The van der Waals surface area contributed by atoms with Crippen LogP contribution in [0, 0.1) is 6.92 Å². The molecule has 2 amide bonds. The predicted octanol–water partition coefficient (Wildman–Crippen LogP) is 3.05. The summed E-state index contributed by atoms with van der Waals surface area (Å²) in [4.78, 5) is 26.1. The van der Waals surface area contributed by atoms with Crippen LogP contribution in [0.4, 0.5) is 0 Å². The molecule has 0 bridgehead atoms. The van der Waals surface area contributed by atoms with Crippen LogP contribution in [-0.2, 0) is 22.7 Å². The number of rotatable bonds is 7. The Bertz CT molecular complexity index is 683. The molecule has 0 heterocycles. The molecule has 0 aliphatic rings. The number of hydrogen-bond donors (Lipinski definition) is 1. The van der Waals surface area contributed by atoms with Gasteiger partial charge in [-0.25, -0.2) is 0 Å². The molecular formula is C20H24N2O2. The summed E-state index contributed by atoms with van der Waals surface area (Å²) in [7, 11) is 0. The van der Waals surface area contributed by atoms with Crippen LogP contribution in [0.1, 0.15) is 30.0 Å². The van der Waals surface area contributed by atoms with Crippen LogP contribution in [-0.4, -0.2) is 23.3 Å². The third-order valence-corrected chi connectivity index (χ3v) is 4.00. The van der Waals surface area contributed by atoms with Crippen molar-refractivity contribution in [2.75, 3.05) is 6.54 Å². The molecule has 2 aromatic carbocycles. The molecule has 24 heavy (non-hydrogen) atoms. The molecule has 0 saturated carbocycles. The maximum Gasteiger partial charge on any atom is 0.232 e. The first-order chi connectivity index (χ1) is 11.6. The van der Waals surface area contributed by atoms with Gasteiger partial charge in [-0.05, 0) is 30.5 Å². The molecule has 0 radical (unpaired) electrons. The molecule has 0 aliphatic carbocycles. The first-order valence-electron chi connectivity index (χ1n) is 8.23. The van der Waals surface area contributed by atoms with E-state index >= 15 is 0 Å². The van der Waals surface area contributed by atoms with Crippen molar-refractivity contribution in [3.05, 3.63) is 71.3 Å². The first kappa shape index (κ1) is 17.7. The molecule has 4 heteroatoms. The topological polar surface area (TPSA) is 49.4 Å². The largest absolute Gasteiger partial charge is 0.352 e. The Morgan fingerprint density at radius 3 is 2.33 bits per heavy atom. The monoisotopic (exact) mass is 324 g/mol. The summed E-state index contributed by atoms with van der Waals surface area (Å²) in [6.45, 7) is 5.49. The van der Waals surface area contributed by atoms with Crippen LogP contribution in [0.25, 0.3) is 0 Å². The van der Waals surface area contributed by atoms with E-state index in [1.165, 1.54) is 0 Å². The average Bonchev–Trinajstić information content (AvgIpc) is 2.59. The van der Waals surface area contributed by atoms with Crippen LogP contribution < -0.4 is 5.32 Å². The quantitative estimate of drug-likeness (QED) is 0.796. The van der Waals surface area contributed by atoms with Gasteiger partial charge < -0.3 is 10.2 Å². The molecule has 0 fully saturated rings. The fourth-order valence-corrected chi connectivity index (χ4v) is 2.49. The van der Waals surface area contributed by atoms with E-state index in [1.807, 2.05) is 68.4 Å². The number of carbonyl (C=O) groups excluding carboxylic acids is 2. The van der Waals surface area contributed by atoms with E-state index in [0.717, 1.165) is 16.7 Å². The Hall–Kier alpha value is -2.62. The van der Waals surface area contributed by atoms with Gasteiger partial charge in [-0.2, -0.15) is 0 Å². The Morgan fingerprint density at radius 2 is 1.67 bits per heavy atom. The van der Waals surface area contributed by atoms with Crippen LogP contribution in [0.2, 0.25) is 0 Å². The highest BCUT2D eigenvalue weighted by Crippen LogP contribution is 2.08. The maximum atomic E-state index is 12.3. The van der Waals surface area contributed by atoms with Crippen molar-refractivity contribution in [3.8, 4) is 0 Å². The van der Waals surface area contributed by atoms with Gasteiger partial charge in [-0.1, -0.05) is 54.6 Å². The summed E-state index contributed by atoms with van der Waals surface area (Å²) in [5.74, 6) is -0.390. The molecule has 0 atom stereocenters. The van der Waals surface area contributed by atoms with Crippen LogP contribution in [0.15, 0.2) is 54.6 Å². The number of aryl methyl sites for hydroxylation is 1. The molecule has 0 saturated heterocycles. The minimum atomic E-state index is -0.241. The van der Waals surface area contributed by atoms with Crippen LogP contribution in [0.5, 0.6) is 0 Å². The van der Waals surface area contributed by atoms with E-state index < -0.39 is 0 Å². The second-order valence-corrected chi connectivity index (χ2v) is 5.77. The number of carbonyl (C=O) groups is 2. The summed E-state index contributed by atoms with van der Waals surface area (Å²) in [6, 6.07) is 17.7. The summed E-state index contributed by atoms with van der Waals surface area (Å²) >= 11 is 0. The second kappa shape index (κ2) is 8.87. The van der Waals surface area contributed by atoms with Crippen molar-refractivity contribution in [1.29, 1.82) is 0 Å². The van der Waals surface area contributed by atoms with Crippen molar-refractivity contribution < 1.29 is 9.59 Å². The number of nitrogens with one attached hydrogen (secondary N) is 1. The SMILES string of the molecule is CCN(Cc1ccccc1)C(=O)CC(=O)NCc1ccccc1C. The normalized spacial score (nSPS) is 10.2. The molecule has 2 rings (SSSR count). The molecular weight excluding hydrogens is 300 g/mol. The van der Waals surface area contributed by atoms with Crippen LogP contribution >= 0.6 is 0 Å². The fraction of sp³-hybridized carbons (Fsp3) is 0.300. The smallest absolute Gasteiger partial charge is 0.232 e. The van der Waals surface area contributed by atoms with Gasteiger partial charge >= 0.3 is 0 Å². The third-order valence-electron chi connectivity index (χ3n) is 4.00. The number of nitrogens with zero attached hydrogens (tertiary/aromatic N) is 1. The van der Waals surface area contributed by atoms with Crippen LogP contribution in [0.3, 0.4) is 0 Å². The van der Waals surface area contributed by atoms with E-state index in [-0.39, 0.29) is 18.2 Å². The highest BCUT2D eigenvalue weighted by Gasteiger charge is 2.16. The third kappa shape index (κ3) is 5.23. The Balaban J connectivity index is 1.85. The number of hydrogen-bond acceptors (Lipinski definition) is 2. The van der Waals surface area contributed by atoms with Gasteiger partial charge in [0.15, 0.2) is 0 Å². The lowest BCUT2D eigenvalue weighted by molar-refractivity contribution is -0.136. The van der Waals surface area contributed by atoms with Gasteiger partial charge in [-0.15, -0.1) is 0 Å². The molecule has 0 aliphatic heterocycles. The summed E-state index contributed by atoms with van der Waals surface area (Å²) in [5.41, 5.74) is 3.26. The number of benzene rings is 2. The lowest BCUT2D eigenvalue weighted by Gasteiger charge is -2.21. The van der Waals surface area contributed by atoms with Gasteiger partial charge in [0.05, 0.1) is 0 Å². The first-order valence-corrected chi connectivity index (χ1v) is 8.23. The Morgan fingerprint density at radius 1 is 1.00 bits per heavy atom. The van der Waals surface area contributed by atoms with Crippen molar-refractivity contribution in [2.24, 2.45) is 0 Å². The van der Waals surface area contributed by atoms with Gasteiger partial charge in [0.25, 0.3) is 0 Å². The summed E-state index contributed by atoms with van der Waals surface area (Å²) < 4.78 is 0. The second-order valence-electron chi connectivity index (χ2n) is 5.77. The highest BCUT2D eigenvalue weighted by atomic mass is 16.2. The van der Waals surface area contributed by atoms with Gasteiger partial charge in [-0.3, -0.25) is 9.59 Å². The molecule has 2 aromatic rings. The molecule has 0 aromatic heterocycles. The van der Waals surface area contributed by atoms with Crippen molar-refractivity contribution >= 4 is 11.8 Å². The zero-order valence-corrected chi connectivity index (χ0v) is 14.3. The zero-order chi connectivity index (χ0) is 17.4. The lowest BCUT2D eigenvalue weighted by Crippen LogP contribution is -2.35.